The lowest BCUT2D eigenvalue weighted by Gasteiger charge is -2.24. The Bertz CT molecular complexity index is 851. The molecule has 6 nitrogen and oxygen atoms in total. The molecule has 1 aliphatic heterocycles. The predicted molar refractivity (Wildman–Crippen MR) is 89.7 cm³/mol. The van der Waals surface area contributed by atoms with Crippen molar-refractivity contribution < 1.29 is 24.5 Å². The van der Waals surface area contributed by atoms with E-state index in [9.17, 15) is 19.8 Å². The van der Waals surface area contributed by atoms with Crippen LogP contribution in [0.3, 0.4) is 0 Å². The predicted octanol–water partition coefficient (Wildman–Crippen LogP) is 3.11. The number of rotatable bonds is 5. The highest BCUT2D eigenvalue weighted by molar-refractivity contribution is 6.30. The molecule has 25 heavy (non-hydrogen) atoms. The second-order valence-electron chi connectivity index (χ2n) is 5.99. The summed E-state index contributed by atoms with van der Waals surface area (Å²) in [5.41, 5.74) is 2.92. The third kappa shape index (κ3) is 3.23. The fourth-order valence-corrected chi connectivity index (χ4v) is 3.51. The molecule has 1 aromatic carbocycles. The first-order valence-electron chi connectivity index (χ1n) is 7.65. The van der Waals surface area contributed by atoms with Crippen LogP contribution < -0.4 is 0 Å². The van der Waals surface area contributed by atoms with E-state index in [4.69, 9.17) is 16.3 Å². The van der Waals surface area contributed by atoms with E-state index in [1.165, 1.54) is 6.20 Å². The molecule has 0 radical (unpaired) electrons. The van der Waals surface area contributed by atoms with E-state index >= 15 is 0 Å². The molecule has 1 aliphatic rings. The first-order chi connectivity index (χ1) is 11.9. The van der Waals surface area contributed by atoms with Gasteiger partial charge < -0.3 is 14.9 Å². The summed E-state index contributed by atoms with van der Waals surface area (Å²) in [4.78, 5) is 28.1. The lowest BCUT2D eigenvalue weighted by molar-refractivity contribution is -0.147. The highest BCUT2D eigenvalue weighted by Crippen LogP contribution is 2.39. The van der Waals surface area contributed by atoms with E-state index in [-0.39, 0.29) is 6.61 Å². The molecule has 7 heteroatoms. The van der Waals surface area contributed by atoms with Crippen molar-refractivity contribution >= 4 is 23.5 Å². The van der Waals surface area contributed by atoms with Crippen LogP contribution in [-0.4, -0.2) is 27.1 Å². The highest BCUT2D eigenvalue weighted by atomic mass is 35.5. The molecule has 3 rings (SSSR count). The summed E-state index contributed by atoms with van der Waals surface area (Å²) in [5.74, 6) is -4.97. The average Bonchev–Trinajstić information content (AvgIpc) is 3.01. The molecule has 2 heterocycles. The number of hydrogen-bond acceptors (Lipinski definition) is 4. The zero-order chi connectivity index (χ0) is 18.1. The topological polar surface area (TPSA) is 96.7 Å². The normalized spacial score (nSPS) is 15.4. The molecule has 1 aromatic heterocycles. The largest absolute Gasteiger partial charge is 0.481 e. The Labute approximate surface area is 149 Å². The summed E-state index contributed by atoms with van der Waals surface area (Å²) in [7, 11) is 0. The van der Waals surface area contributed by atoms with Crippen molar-refractivity contribution in [3.8, 4) is 0 Å². The minimum absolute atomic E-state index is 0.253. The van der Waals surface area contributed by atoms with E-state index in [2.05, 4.69) is 4.98 Å². The van der Waals surface area contributed by atoms with Gasteiger partial charge in [-0.2, -0.15) is 0 Å². The summed E-state index contributed by atoms with van der Waals surface area (Å²) in [6.07, 6.45) is 3.04. The minimum atomic E-state index is -1.28. The standard InChI is InChI=1S/C18H16ClNO5/c1-9-4-11(19)2-3-12(9)15(17(21)22)16(18(23)24)13-6-20-5-10-7-25-8-14(10)13/h2-6,15-16H,7-8H2,1H3,(H,21,22)(H,23,24)/t15?,16-/m1/s1. The molecule has 0 aliphatic carbocycles. The molecular formula is C18H16ClNO5. The van der Waals surface area contributed by atoms with Gasteiger partial charge in [-0.05, 0) is 41.3 Å². The summed E-state index contributed by atoms with van der Waals surface area (Å²) in [6.45, 7) is 2.32. The molecule has 2 aromatic rings. The van der Waals surface area contributed by atoms with Crippen molar-refractivity contribution in [3.05, 3.63) is 63.4 Å². The van der Waals surface area contributed by atoms with Gasteiger partial charge in [0, 0.05) is 23.0 Å². The average molecular weight is 362 g/mol. The first kappa shape index (κ1) is 17.4. The summed E-state index contributed by atoms with van der Waals surface area (Å²) < 4.78 is 5.37. The number of aryl methyl sites for hydroxylation is 1. The number of aliphatic carboxylic acids is 2. The van der Waals surface area contributed by atoms with Crippen molar-refractivity contribution in [2.75, 3.05) is 0 Å². The number of aromatic nitrogens is 1. The van der Waals surface area contributed by atoms with Crippen molar-refractivity contribution in [1.82, 2.24) is 4.98 Å². The van der Waals surface area contributed by atoms with E-state index in [0.717, 1.165) is 5.56 Å². The van der Waals surface area contributed by atoms with Crippen LogP contribution in [0.5, 0.6) is 0 Å². The number of benzene rings is 1. The fourth-order valence-electron chi connectivity index (χ4n) is 3.28. The van der Waals surface area contributed by atoms with Gasteiger partial charge in [0.05, 0.1) is 19.1 Å². The first-order valence-corrected chi connectivity index (χ1v) is 8.03. The minimum Gasteiger partial charge on any atom is -0.481 e. The Morgan fingerprint density at radius 1 is 1.12 bits per heavy atom. The number of hydrogen-bond donors (Lipinski definition) is 2. The molecule has 2 atom stereocenters. The lowest BCUT2D eigenvalue weighted by Crippen LogP contribution is -2.28. The number of pyridine rings is 1. The number of carbonyl (C=O) groups is 2. The molecule has 1 unspecified atom stereocenters. The van der Waals surface area contributed by atoms with E-state index in [0.29, 0.717) is 33.9 Å². The molecular weight excluding hydrogens is 346 g/mol. The number of halogens is 1. The number of fused-ring (bicyclic) bond motifs is 1. The maximum atomic E-state index is 12.0. The van der Waals surface area contributed by atoms with Crippen LogP contribution in [0.15, 0.2) is 30.6 Å². The SMILES string of the molecule is Cc1cc(Cl)ccc1C(C(=O)O)[C@H](C(=O)O)c1cncc2c1COC2. The van der Waals surface area contributed by atoms with Crippen LogP contribution in [0, 0.1) is 6.92 Å². The Kier molecular flexibility index (Phi) is 4.74. The van der Waals surface area contributed by atoms with Gasteiger partial charge in [-0.15, -0.1) is 0 Å². The van der Waals surface area contributed by atoms with Gasteiger partial charge in [-0.3, -0.25) is 14.6 Å². The Morgan fingerprint density at radius 2 is 1.80 bits per heavy atom. The molecule has 0 amide bonds. The summed E-state index contributed by atoms with van der Waals surface area (Å²) in [5, 5.41) is 20.1. The monoisotopic (exact) mass is 361 g/mol. The van der Waals surface area contributed by atoms with Gasteiger partial charge in [0.2, 0.25) is 0 Å². The highest BCUT2D eigenvalue weighted by Gasteiger charge is 2.39. The Hall–Kier alpha value is -2.44. The fraction of sp³-hybridized carbons (Fsp3) is 0.278. The van der Waals surface area contributed by atoms with E-state index in [1.54, 1.807) is 31.3 Å². The van der Waals surface area contributed by atoms with Crippen molar-refractivity contribution in [2.24, 2.45) is 0 Å². The van der Waals surface area contributed by atoms with Gasteiger partial charge in [0.25, 0.3) is 0 Å². The molecule has 0 saturated carbocycles. The summed E-state index contributed by atoms with van der Waals surface area (Å²) in [6, 6.07) is 4.76. The van der Waals surface area contributed by atoms with Gasteiger partial charge in [0.1, 0.15) is 5.92 Å². The van der Waals surface area contributed by atoms with E-state index < -0.39 is 23.8 Å². The van der Waals surface area contributed by atoms with Crippen molar-refractivity contribution in [3.63, 3.8) is 0 Å². The number of carboxylic acids is 2. The van der Waals surface area contributed by atoms with Crippen LogP contribution in [0.4, 0.5) is 0 Å². The van der Waals surface area contributed by atoms with Crippen LogP contribution in [0.1, 0.15) is 39.7 Å². The van der Waals surface area contributed by atoms with Gasteiger partial charge in [-0.25, -0.2) is 0 Å². The van der Waals surface area contributed by atoms with Gasteiger partial charge >= 0.3 is 11.9 Å². The lowest BCUT2D eigenvalue weighted by atomic mass is 9.78. The van der Waals surface area contributed by atoms with Gasteiger partial charge in [0.15, 0.2) is 0 Å². The van der Waals surface area contributed by atoms with E-state index in [1.807, 2.05) is 0 Å². The number of ether oxygens (including phenoxy) is 1. The number of nitrogens with zero attached hydrogens (tertiary/aromatic N) is 1. The quantitative estimate of drug-likeness (QED) is 0.849. The van der Waals surface area contributed by atoms with Crippen LogP contribution >= 0.6 is 11.6 Å². The molecule has 2 N–H and O–H groups in total. The van der Waals surface area contributed by atoms with Gasteiger partial charge in [-0.1, -0.05) is 17.7 Å². The molecule has 0 fully saturated rings. The zero-order valence-electron chi connectivity index (χ0n) is 13.4. The Morgan fingerprint density at radius 3 is 2.44 bits per heavy atom. The maximum absolute atomic E-state index is 12.0. The van der Waals surface area contributed by atoms with Crippen LogP contribution in [0.2, 0.25) is 5.02 Å². The molecule has 130 valence electrons. The molecule has 0 saturated heterocycles. The third-order valence-electron chi connectivity index (χ3n) is 4.45. The maximum Gasteiger partial charge on any atom is 0.312 e. The third-order valence-corrected chi connectivity index (χ3v) is 4.69. The molecule has 0 spiro atoms. The number of carboxylic acid groups (broad SMARTS) is 2. The van der Waals surface area contributed by atoms with Crippen LogP contribution in [0.25, 0.3) is 0 Å². The van der Waals surface area contributed by atoms with Crippen molar-refractivity contribution in [2.45, 2.75) is 32.0 Å². The smallest absolute Gasteiger partial charge is 0.312 e. The van der Waals surface area contributed by atoms with Crippen LogP contribution in [-0.2, 0) is 27.5 Å². The molecule has 0 bridgehead atoms. The van der Waals surface area contributed by atoms with Crippen molar-refractivity contribution in [1.29, 1.82) is 0 Å². The Balaban J connectivity index is 2.17. The summed E-state index contributed by atoms with van der Waals surface area (Å²) >= 11 is 5.95. The second-order valence-corrected chi connectivity index (χ2v) is 6.43. The zero-order valence-corrected chi connectivity index (χ0v) is 14.2. The second kappa shape index (κ2) is 6.82.